The number of benzene rings is 2. The predicted octanol–water partition coefficient (Wildman–Crippen LogP) is -6.11. The molecule has 20 N–H and O–H groups in total. The molecule has 0 bridgehead atoms. The zero-order valence-corrected chi connectivity index (χ0v) is 72.3. The Morgan fingerprint density at radius 3 is 1.50 bits per heavy atom. The number of phenolic OH excluding ortho intramolecular Hbond substituents is 2. The monoisotopic (exact) mass is 1770 g/mol. The van der Waals surface area contributed by atoms with Gasteiger partial charge in [-0.25, -0.2) is 0 Å². The number of rotatable bonds is 41. The maximum atomic E-state index is 15.3. The Hall–Kier alpha value is -11.5. The number of hydrogen-bond donors (Lipinski definition) is 20. The van der Waals surface area contributed by atoms with E-state index in [1.54, 1.807) is 37.5 Å². The molecule has 682 valence electrons. The van der Waals surface area contributed by atoms with Crippen molar-refractivity contribution in [3.63, 3.8) is 0 Å². The summed E-state index contributed by atoms with van der Waals surface area (Å²) in [5, 5.41) is 89.9. The highest BCUT2D eigenvalue weighted by atomic mass is 33.1. The number of carbonyl (C=O) groups is 19. The number of carbonyl (C=O) groups excluding carboxylic acids is 17. The van der Waals surface area contributed by atoms with E-state index in [0.29, 0.717) is 5.56 Å². The van der Waals surface area contributed by atoms with Crippen LogP contribution in [0, 0.1) is 11.8 Å². The summed E-state index contributed by atoms with van der Waals surface area (Å²) in [6.07, 6.45) is -4.78. The average molecular weight is 1770 g/mol. The van der Waals surface area contributed by atoms with Gasteiger partial charge in [-0.05, 0) is 79.8 Å². The fourth-order valence-corrected chi connectivity index (χ4v) is 15.2. The van der Waals surface area contributed by atoms with Crippen molar-refractivity contribution in [1.29, 1.82) is 0 Å². The van der Waals surface area contributed by atoms with E-state index >= 15 is 14.4 Å². The lowest BCUT2D eigenvalue weighted by atomic mass is 10.0. The fourth-order valence-electron chi connectivity index (χ4n) is 12.8. The van der Waals surface area contributed by atoms with Gasteiger partial charge < -0.3 is 115 Å². The molecule has 123 heavy (non-hydrogen) atoms. The van der Waals surface area contributed by atoms with Crippen LogP contribution in [0.2, 0.25) is 0 Å². The molecule has 0 spiro atoms. The number of aliphatic hydroxyl groups is 1. The number of hydrogen-bond acceptors (Lipinski definition) is 26. The Morgan fingerprint density at radius 1 is 0.528 bits per heavy atom. The maximum Gasteiger partial charge on any atom is 0.305 e. The van der Waals surface area contributed by atoms with Crippen LogP contribution in [0.15, 0.2) is 48.5 Å². The molecule has 2 aliphatic heterocycles. The zero-order valence-electron chi connectivity index (χ0n) is 70.7. The molecule has 2 saturated heterocycles. The Balaban J connectivity index is 1.83. The molecule has 2 aliphatic rings. The van der Waals surface area contributed by atoms with Crippen molar-refractivity contribution in [2.24, 2.45) is 11.8 Å². The second-order valence-corrected chi connectivity index (χ2v) is 33.1. The maximum absolute atomic E-state index is 15.3. The topological polar surface area (TPSA) is 619 Å². The lowest BCUT2D eigenvalue weighted by Crippen LogP contribution is -2.61. The second-order valence-electron chi connectivity index (χ2n) is 30.5. The minimum atomic E-state index is -2.11. The van der Waals surface area contributed by atoms with E-state index in [0.717, 1.165) is 40.5 Å². The van der Waals surface area contributed by atoms with Gasteiger partial charge in [0.15, 0.2) is 0 Å². The number of aliphatic hydroxyl groups excluding tert-OH is 1. The van der Waals surface area contributed by atoms with Crippen LogP contribution >= 0.6 is 21.6 Å². The van der Waals surface area contributed by atoms with E-state index in [1.807, 2.05) is 0 Å². The Morgan fingerprint density at radius 2 is 1.01 bits per heavy atom. The van der Waals surface area contributed by atoms with E-state index in [4.69, 9.17) is 0 Å². The van der Waals surface area contributed by atoms with E-state index in [9.17, 15) is 102 Å². The number of aliphatic carboxylic acids is 2. The van der Waals surface area contributed by atoms with Gasteiger partial charge in [-0.2, -0.15) is 0 Å². The highest BCUT2D eigenvalue weighted by Crippen LogP contribution is 2.27. The first-order valence-electron chi connectivity index (χ1n) is 40.1. The molecule has 2 fully saturated rings. The van der Waals surface area contributed by atoms with Crippen LogP contribution in [0.3, 0.4) is 0 Å². The summed E-state index contributed by atoms with van der Waals surface area (Å²) in [4.78, 5) is 266. The number of aromatic hydroxyl groups is 2. The highest BCUT2D eigenvalue weighted by Gasteiger charge is 2.42. The number of phenols is 2. The number of likely N-dealkylation sites (tertiary alicyclic amines) is 1. The summed E-state index contributed by atoms with van der Waals surface area (Å²) >= 11 is 0. The van der Waals surface area contributed by atoms with Crippen LogP contribution < -0.4 is 79.8 Å². The molecule has 2 aromatic rings. The third-order valence-corrected chi connectivity index (χ3v) is 21.4. The molecule has 43 nitrogen and oxygen atoms in total. The highest BCUT2D eigenvalue weighted by molar-refractivity contribution is 8.76. The number of carboxylic acid groups (broad SMARTS) is 2. The quantitative estimate of drug-likeness (QED) is 0.0218. The summed E-state index contributed by atoms with van der Waals surface area (Å²) in [7, 11) is 2.60. The minimum Gasteiger partial charge on any atom is -0.508 e. The SMILES string of the molecule is CC(=O)NCCN(CCNC(C)=O)CC(=O)NCCNC(=O)[C@H](CC(=O)O)NC(=O)[C@H](CC(C)C)N(C)C(=O)[C@@H]1CSSC[C@H](NC(=O)[C@@H]2CCCN2C(=O)C(CC(C)C)NC(=O)CN(CCNC(C)=O)CCNC(C)=O)C(=O)N[C@@H](CC(=O)O)C(=O)N[C@@H](Cc2ccc(O)cc2)C(=O)N[C@@H](Cc2ccc(O)cc2)C(=O)NCC(=O)N[C@@H](C(C)O)C(=O)N1. The van der Waals surface area contributed by atoms with Gasteiger partial charge in [-0.3, -0.25) is 101 Å². The molecule has 0 radical (unpaired) electrons. The van der Waals surface area contributed by atoms with Crippen molar-refractivity contribution < 1.29 is 117 Å². The number of nitrogens with one attached hydrogen (secondary N) is 15. The van der Waals surface area contributed by atoms with Gasteiger partial charge in [-0.1, -0.05) is 73.5 Å². The summed E-state index contributed by atoms with van der Waals surface area (Å²) in [5.74, 6) is -20.0. The van der Waals surface area contributed by atoms with Crippen LogP contribution in [0.4, 0.5) is 0 Å². The number of amides is 17. The Labute approximate surface area is 720 Å². The standard InChI is InChI=1S/C78H119N19O24S2/c1-43(2)32-58(86-65(107)40-96(30-25-81-48(8)101)31-26-82-49(9)102)78(121)97-27-11-12-61(97)74(117)91-59-41-122-123-42-60(77(120)94(10)62(33-44(3)4)75(118)90-56(36-66(108)109)69(112)84-22-21-83-64(106)39-95(28-23-79-46(6)99)29-24-80-47(7)100)92-76(119)68(45(5)98)93-63(105)38-85-70(113)54(34-50-13-17-52(103)18-14-50)87-71(114)55(35-51-15-19-53(104)20-16-51)88-72(115)57(37-67(110)111)89-73(59)116/h13-20,43-45,54-62,68,98,103-104H,11-12,21-42H2,1-10H3,(H,79,99)(H,80,100)(H,81,101)(H,82,102)(H,83,106)(H,84,112)(H,85,113)(H,86,107)(H,87,114)(H,88,115)(H,89,116)(H,90,118)(H,91,117)(H,92,119)(H,93,105)(H,108,109)(H,110,111)/t45?,54-,55-,56-,57-,58?,59-,60-,61-,62-,68-/m0/s1. The molecule has 2 heterocycles. The van der Waals surface area contributed by atoms with Crippen LogP contribution in [-0.2, 0) is 104 Å². The molecule has 2 aromatic carbocycles. The first-order chi connectivity index (χ1) is 58.0. The van der Waals surface area contributed by atoms with Crippen LogP contribution in [0.25, 0.3) is 0 Å². The van der Waals surface area contributed by atoms with Crippen molar-refractivity contribution in [3.8, 4) is 11.5 Å². The summed E-state index contributed by atoms with van der Waals surface area (Å²) < 4.78 is 0. The van der Waals surface area contributed by atoms with Crippen molar-refractivity contribution in [2.45, 2.75) is 180 Å². The molecular weight excluding hydrogens is 1650 g/mol. The third-order valence-electron chi connectivity index (χ3n) is 19.0. The average Bonchev–Trinajstić information content (AvgIpc) is 1.60. The molecule has 4 rings (SSSR count). The molecule has 2 unspecified atom stereocenters. The van der Waals surface area contributed by atoms with Crippen molar-refractivity contribution in [1.82, 2.24) is 99.4 Å². The molecule has 0 aliphatic carbocycles. The largest absolute Gasteiger partial charge is 0.508 e. The first-order valence-corrected chi connectivity index (χ1v) is 42.6. The molecule has 17 amide bonds. The van der Waals surface area contributed by atoms with Crippen molar-refractivity contribution >= 4 is 134 Å². The minimum absolute atomic E-state index is 0.0210. The van der Waals surface area contributed by atoms with Gasteiger partial charge in [0.2, 0.25) is 100 Å². The summed E-state index contributed by atoms with van der Waals surface area (Å²) in [6, 6.07) is -6.66. The van der Waals surface area contributed by atoms with Gasteiger partial charge in [-0.15, -0.1) is 0 Å². The molecule has 0 saturated carbocycles. The Kier molecular flexibility index (Phi) is 45.1. The number of likely N-dealkylation sites (N-methyl/N-ethyl adjacent to an activating group) is 1. The van der Waals surface area contributed by atoms with E-state index in [1.165, 1.54) is 81.1 Å². The predicted molar refractivity (Wildman–Crippen MR) is 447 cm³/mol. The molecule has 0 aromatic heterocycles. The molecular formula is C78H119N19O24S2. The lowest BCUT2D eigenvalue weighted by Gasteiger charge is -2.33. The normalized spacial score (nSPS) is 19.3. The zero-order chi connectivity index (χ0) is 91.7. The molecule has 11 atom stereocenters. The van der Waals surface area contributed by atoms with Gasteiger partial charge in [0.05, 0.1) is 38.6 Å². The van der Waals surface area contributed by atoms with Crippen molar-refractivity contribution in [2.75, 3.05) is 110 Å². The number of nitrogens with zero attached hydrogens (tertiary/aromatic N) is 4. The Bertz CT molecular complexity index is 3960. The van der Waals surface area contributed by atoms with Crippen molar-refractivity contribution in [3.05, 3.63) is 59.7 Å². The third kappa shape index (κ3) is 39.5. The van der Waals surface area contributed by atoms with Gasteiger partial charge in [0, 0.05) is 131 Å². The van der Waals surface area contributed by atoms with E-state index in [-0.39, 0.29) is 164 Å². The molecule has 45 heteroatoms. The van der Waals surface area contributed by atoms with Gasteiger partial charge >= 0.3 is 11.9 Å². The van der Waals surface area contributed by atoms with Crippen LogP contribution in [0.1, 0.15) is 112 Å². The summed E-state index contributed by atoms with van der Waals surface area (Å²) in [6.45, 7) is 12.6. The van der Waals surface area contributed by atoms with Crippen LogP contribution in [0.5, 0.6) is 11.5 Å². The first kappa shape index (κ1) is 104. The summed E-state index contributed by atoms with van der Waals surface area (Å²) in [5.41, 5.74) is 0.588. The fraction of sp³-hybridized carbons (Fsp3) is 0.603. The second kappa shape index (κ2) is 53.4. The smallest absolute Gasteiger partial charge is 0.305 e. The van der Waals surface area contributed by atoms with Gasteiger partial charge in [0.25, 0.3) is 0 Å². The van der Waals surface area contributed by atoms with Crippen LogP contribution in [-0.4, -0.2) is 334 Å². The lowest BCUT2D eigenvalue weighted by molar-refractivity contribution is -0.144. The van der Waals surface area contributed by atoms with E-state index in [2.05, 4.69) is 79.8 Å². The van der Waals surface area contributed by atoms with E-state index < -0.39 is 198 Å². The number of carboxylic acids is 2. The van der Waals surface area contributed by atoms with Gasteiger partial charge in [0.1, 0.15) is 71.9 Å².